The minimum absolute atomic E-state index is 0.0774. The quantitative estimate of drug-likeness (QED) is 0.403. The van der Waals surface area contributed by atoms with Gasteiger partial charge in [-0.1, -0.05) is 6.07 Å². The summed E-state index contributed by atoms with van der Waals surface area (Å²) in [5.41, 5.74) is 0.656. The van der Waals surface area contributed by atoms with Crippen molar-refractivity contribution >= 4 is 22.5 Å². The van der Waals surface area contributed by atoms with Crippen molar-refractivity contribution in [2.75, 3.05) is 56.6 Å². The molecule has 202 valence electrons. The molecule has 2 fully saturated rings. The summed E-state index contributed by atoms with van der Waals surface area (Å²) in [6.45, 7) is 3.80. The first-order chi connectivity index (χ1) is 18.0. The molecular weight excluding hydrogens is 492 g/mol. The summed E-state index contributed by atoms with van der Waals surface area (Å²) in [6.07, 6.45) is 6.25. The molecule has 0 spiro atoms. The van der Waals surface area contributed by atoms with Gasteiger partial charge < -0.3 is 30.1 Å². The minimum atomic E-state index is -1.27. The second kappa shape index (κ2) is 13.9. The molecule has 0 bridgehead atoms. The molecule has 2 aliphatic heterocycles. The predicted octanol–water partition coefficient (Wildman–Crippen LogP) is 1.81. The van der Waals surface area contributed by atoms with Gasteiger partial charge in [-0.3, -0.25) is 9.00 Å². The molecule has 1 aromatic carbocycles. The normalized spacial score (nSPS) is 18.4. The molecule has 0 saturated carbocycles. The number of anilines is 1. The zero-order valence-electron chi connectivity index (χ0n) is 21.3. The zero-order valence-corrected chi connectivity index (χ0v) is 22.1. The first-order valence-electron chi connectivity index (χ1n) is 13.2. The van der Waals surface area contributed by atoms with Crippen LogP contribution < -0.4 is 15.0 Å². The number of likely N-dealkylation sites (tertiary alicyclic amines) is 1. The molecule has 1 aromatic heterocycles. The Hall–Kier alpha value is -2.53. The lowest BCUT2D eigenvalue weighted by molar-refractivity contribution is 0.0724. The van der Waals surface area contributed by atoms with E-state index in [1.54, 1.807) is 30.5 Å². The number of ether oxygens (including phenoxy) is 1. The van der Waals surface area contributed by atoms with Crippen molar-refractivity contribution in [3.63, 3.8) is 0 Å². The minimum Gasteiger partial charge on any atom is -0.491 e. The number of pyridine rings is 1. The van der Waals surface area contributed by atoms with Crippen molar-refractivity contribution in [2.45, 2.75) is 49.1 Å². The summed E-state index contributed by atoms with van der Waals surface area (Å²) in [4.78, 5) is 22.0. The molecule has 4 rings (SSSR count). The molecular formula is C27H38N4O5S. The predicted molar refractivity (Wildman–Crippen MR) is 144 cm³/mol. The molecule has 0 aliphatic carbocycles. The highest BCUT2D eigenvalue weighted by molar-refractivity contribution is 7.85. The first kappa shape index (κ1) is 27.5. The number of carbonyl (C=O) groups excluding carboxylic acids is 1. The molecule has 2 saturated heterocycles. The van der Waals surface area contributed by atoms with Crippen molar-refractivity contribution in [3.8, 4) is 5.75 Å². The van der Waals surface area contributed by atoms with Gasteiger partial charge in [0.15, 0.2) is 0 Å². The fourth-order valence-electron chi connectivity index (χ4n) is 4.75. The van der Waals surface area contributed by atoms with E-state index in [4.69, 9.17) is 9.84 Å². The van der Waals surface area contributed by atoms with Gasteiger partial charge in [-0.15, -0.1) is 0 Å². The second-order valence-electron chi connectivity index (χ2n) is 9.64. The molecule has 9 nitrogen and oxygen atoms in total. The van der Waals surface area contributed by atoms with Crippen molar-refractivity contribution in [3.05, 3.63) is 48.2 Å². The highest BCUT2D eigenvalue weighted by Crippen LogP contribution is 2.20. The van der Waals surface area contributed by atoms with Crippen molar-refractivity contribution in [1.29, 1.82) is 0 Å². The topological polar surface area (TPSA) is 115 Å². The van der Waals surface area contributed by atoms with E-state index in [-0.39, 0.29) is 24.9 Å². The number of hydrogen-bond donors (Lipinski definition) is 3. The van der Waals surface area contributed by atoms with Gasteiger partial charge >= 0.3 is 0 Å². The molecule has 3 N–H and O–H groups in total. The summed E-state index contributed by atoms with van der Waals surface area (Å²) < 4.78 is 17.7. The number of piperidine rings is 2. The van der Waals surface area contributed by atoms with Crippen LogP contribution in [0.2, 0.25) is 0 Å². The lowest BCUT2D eigenvalue weighted by Crippen LogP contribution is -2.45. The molecule has 3 heterocycles. The van der Waals surface area contributed by atoms with Gasteiger partial charge in [-0.2, -0.15) is 0 Å². The molecule has 0 radical (unpaired) electrons. The average Bonchev–Trinajstić information content (AvgIpc) is 2.96. The lowest BCUT2D eigenvalue weighted by atomic mass is 10.0. The number of hydrogen-bond acceptors (Lipinski definition) is 8. The first-order valence-corrected chi connectivity index (χ1v) is 14.5. The summed E-state index contributed by atoms with van der Waals surface area (Å²) in [6, 6.07) is 11.1. The van der Waals surface area contributed by atoms with Crippen LogP contribution in [0.15, 0.2) is 47.5 Å². The number of carbonyl (C=O) groups is 1. The van der Waals surface area contributed by atoms with E-state index < -0.39 is 16.9 Å². The van der Waals surface area contributed by atoms with Crippen molar-refractivity contribution < 1.29 is 24.0 Å². The summed E-state index contributed by atoms with van der Waals surface area (Å²) in [5.74, 6) is 1.71. The van der Waals surface area contributed by atoms with Gasteiger partial charge in [0.25, 0.3) is 5.91 Å². The Balaban J connectivity index is 1.16. The number of rotatable bonds is 11. The van der Waals surface area contributed by atoms with Crippen molar-refractivity contribution in [1.82, 2.24) is 15.2 Å². The Morgan fingerprint density at radius 3 is 2.62 bits per heavy atom. The molecule has 2 aromatic rings. The second-order valence-corrected chi connectivity index (χ2v) is 11.2. The molecule has 37 heavy (non-hydrogen) atoms. The monoisotopic (exact) mass is 530 g/mol. The van der Waals surface area contributed by atoms with Crippen LogP contribution in [-0.4, -0.2) is 94.0 Å². The Labute approximate surface area is 221 Å². The van der Waals surface area contributed by atoms with Crippen LogP contribution in [0, 0.1) is 0 Å². The maximum Gasteiger partial charge on any atom is 0.255 e. The molecule has 10 heteroatoms. The van der Waals surface area contributed by atoms with E-state index in [0.29, 0.717) is 28.8 Å². The third kappa shape index (κ3) is 7.98. The van der Waals surface area contributed by atoms with Crippen LogP contribution in [0.25, 0.3) is 0 Å². The van der Waals surface area contributed by atoms with Gasteiger partial charge in [-0.25, -0.2) is 4.98 Å². The fraction of sp³-hybridized carbons (Fsp3) is 0.556. The number of nitrogens with zero attached hydrogens (tertiary/aromatic N) is 3. The summed E-state index contributed by atoms with van der Waals surface area (Å²) in [7, 11) is -1.27. The Bertz CT molecular complexity index is 1020. The van der Waals surface area contributed by atoms with Crippen LogP contribution in [-0.2, 0) is 10.8 Å². The van der Waals surface area contributed by atoms with Crippen LogP contribution >= 0.6 is 0 Å². The third-order valence-corrected chi connectivity index (χ3v) is 8.22. The van der Waals surface area contributed by atoms with Crippen LogP contribution in [0.5, 0.6) is 5.75 Å². The number of aromatic nitrogens is 1. The number of amides is 1. The molecule has 1 amide bonds. The molecule has 2 atom stereocenters. The smallest absolute Gasteiger partial charge is 0.255 e. The fourth-order valence-corrected chi connectivity index (χ4v) is 5.63. The third-order valence-electron chi connectivity index (χ3n) is 6.89. The van der Waals surface area contributed by atoms with Gasteiger partial charge in [-0.05, 0) is 62.4 Å². The van der Waals surface area contributed by atoms with E-state index in [2.05, 4.69) is 15.2 Å². The van der Waals surface area contributed by atoms with Gasteiger partial charge in [0.1, 0.15) is 24.3 Å². The molecule has 2 aliphatic rings. The Morgan fingerprint density at radius 2 is 1.92 bits per heavy atom. The van der Waals surface area contributed by atoms with E-state index in [0.717, 1.165) is 57.7 Å². The highest BCUT2D eigenvalue weighted by atomic mass is 32.2. The largest absolute Gasteiger partial charge is 0.491 e. The maximum absolute atomic E-state index is 12.7. The molecule has 2 unspecified atom stereocenters. The van der Waals surface area contributed by atoms with Crippen molar-refractivity contribution in [2.24, 2.45) is 0 Å². The average molecular weight is 531 g/mol. The highest BCUT2D eigenvalue weighted by Gasteiger charge is 2.22. The number of benzene rings is 1. The standard InChI is InChI=1S/C27H38N4O5S/c32-15-16-37(35)25-6-4-5-24(17-25)36-20-23(33)19-28-22-9-13-30(14-10-22)26-8-7-21(18-29-26)27(34)31-11-2-1-3-12-31/h4-8,17-18,22-23,28,32-33H,1-3,9-16,19-20H2. The zero-order chi connectivity index (χ0) is 26.0. The van der Waals surface area contributed by atoms with E-state index in [9.17, 15) is 14.1 Å². The Kier molecular flexibility index (Phi) is 10.3. The van der Waals surface area contributed by atoms with Gasteiger partial charge in [0.2, 0.25) is 0 Å². The Morgan fingerprint density at radius 1 is 1.14 bits per heavy atom. The van der Waals surface area contributed by atoms with Crippen LogP contribution in [0.4, 0.5) is 5.82 Å². The lowest BCUT2D eigenvalue weighted by Gasteiger charge is -2.33. The van der Waals surface area contributed by atoms with Crippen LogP contribution in [0.3, 0.4) is 0 Å². The van der Waals surface area contributed by atoms with E-state index >= 15 is 0 Å². The maximum atomic E-state index is 12.7. The summed E-state index contributed by atoms with van der Waals surface area (Å²) in [5, 5.41) is 22.8. The SMILES string of the molecule is O=C(c1ccc(N2CCC(NCC(O)COc3cccc(S(=O)CCO)c3)CC2)nc1)N1CCCCC1. The van der Waals surface area contributed by atoms with Crippen LogP contribution in [0.1, 0.15) is 42.5 Å². The van der Waals surface area contributed by atoms with E-state index in [1.807, 2.05) is 17.0 Å². The van der Waals surface area contributed by atoms with Gasteiger partial charge in [0, 0.05) is 49.9 Å². The number of nitrogens with one attached hydrogen (secondary N) is 1. The summed E-state index contributed by atoms with van der Waals surface area (Å²) >= 11 is 0. The van der Waals surface area contributed by atoms with Gasteiger partial charge in [0.05, 0.1) is 28.7 Å². The number of aliphatic hydroxyl groups excluding tert-OH is 2. The number of aliphatic hydroxyl groups is 2. The van der Waals surface area contributed by atoms with E-state index in [1.165, 1.54) is 6.42 Å².